The van der Waals surface area contributed by atoms with Crippen LogP contribution in [-0.4, -0.2) is 17.9 Å². The average molecular weight is 370 g/mol. The van der Waals surface area contributed by atoms with Gasteiger partial charge in [0.1, 0.15) is 6.23 Å². The lowest BCUT2D eigenvalue weighted by Gasteiger charge is -2.12. The number of rotatable bonds is 22. The Kier molecular flexibility index (Phi) is 22.9. The highest BCUT2D eigenvalue weighted by Gasteiger charge is 2.01. The largest absolute Gasteiger partial charge is 0.379 e. The van der Waals surface area contributed by atoms with E-state index >= 15 is 0 Å². The van der Waals surface area contributed by atoms with Crippen molar-refractivity contribution in [2.45, 2.75) is 148 Å². The molecule has 0 amide bonds. The molecule has 2 heteroatoms. The van der Waals surface area contributed by atoms with Gasteiger partial charge in [-0.05, 0) is 25.8 Å². The summed E-state index contributed by atoms with van der Waals surface area (Å²) in [5.41, 5.74) is 0. The minimum atomic E-state index is -0.280. The Hall–Kier alpha value is -0.0800. The molecule has 2 nitrogen and oxygen atoms in total. The quantitative estimate of drug-likeness (QED) is 0.151. The summed E-state index contributed by atoms with van der Waals surface area (Å²) in [5.74, 6) is 0. The molecule has 0 radical (unpaired) electrons. The molecule has 0 aliphatic carbocycles. The molecular weight excluding hydrogens is 318 g/mol. The van der Waals surface area contributed by atoms with E-state index in [1.807, 2.05) is 0 Å². The third-order valence-corrected chi connectivity index (χ3v) is 5.49. The molecule has 0 aromatic carbocycles. The van der Waals surface area contributed by atoms with Gasteiger partial charge in [0.05, 0.1) is 0 Å². The fourth-order valence-electron chi connectivity index (χ4n) is 3.61. The van der Waals surface area contributed by atoms with Gasteiger partial charge in [0.2, 0.25) is 0 Å². The van der Waals surface area contributed by atoms with Crippen LogP contribution in [0.15, 0.2) is 0 Å². The van der Waals surface area contributed by atoms with E-state index in [2.05, 4.69) is 19.2 Å². The van der Waals surface area contributed by atoms with Crippen molar-refractivity contribution in [3.63, 3.8) is 0 Å². The zero-order valence-corrected chi connectivity index (χ0v) is 18.4. The standard InChI is InChI=1S/C24H51NO/c1-3-5-7-8-9-10-11-12-13-14-15-16-17-18-19-20-21-22-24(26)25-23-6-4-2/h24-26H,3-23H2,1-2H3. The molecule has 0 aliphatic rings. The minimum Gasteiger partial charge on any atom is -0.379 e. The second-order valence-electron chi connectivity index (χ2n) is 8.27. The third kappa shape index (κ3) is 22.0. The summed E-state index contributed by atoms with van der Waals surface area (Å²) < 4.78 is 0. The first kappa shape index (κ1) is 25.9. The molecule has 0 rings (SSSR count). The van der Waals surface area contributed by atoms with E-state index in [9.17, 15) is 5.11 Å². The lowest BCUT2D eigenvalue weighted by atomic mass is 10.0. The second-order valence-corrected chi connectivity index (χ2v) is 8.27. The van der Waals surface area contributed by atoms with Crippen LogP contribution in [0.2, 0.25) is 0 Å². The molecule has 0 saturated heterocycles. The SMILES string of the molecule is CCCCCCCCCCCCCCCCCCCC(O)NCCCC. The van der Waals surface area contributed by atoms with Crippen molar-refractivity contribution in [3.8, 4) is 0 Å². The number of hydrogen-bond donors (Lipinski definition) is 2. The van der Waals surface area contributed by atoms with Gasteiger partial charge in [-0.2, -0.15) is 0 Å². The first-order valence-electron chi connectivity index (χ1n) is 12.2. The highest BCUT2D eigenvalue weighted by molar-refractivity contribution is 4.55. The van der Waals surface area contributed by atoms with E-state index in [1.54, 1.807) is 0 Å². The third-order valence-electron chi connectivity index (χ3n) is 5.49. The molecule has 0 saturated carbocycles. The number of aliphatic hydroxyl groups is 1. The van der Waals surface area contributed by atoms with E-state index in [0.717, 1.165) is 19.4 Å². The van der Waals surface area contributed by atoms with Gasteiger partial charge in [-0.25, -0.2) is 0 Å². The van der Waals surface area contributed by atoms with Gasteiger partial charge in [0.25, 0.3) is 0 Å². The topological polar surface area (TPSA) is 32.3 Å². The van der Waals surface area contributed by atoms with E-state index in [0.29, 0.717) is 0 Å². The molecule has 0 bridgehead atoms. The summed E-state index contributed by atoms with van der Waals surface area (Å²) in [6, 6.07) is 0. The Morgan fingerprint density at radius 1 is 0.500 bits per heavy atom. The van der Waals surface area contributed by atoms with Crippen LogP contribution in [0.25, 0.3) is 0 Å². The first-order valence-corrected chi connectivity index (χ1v) is 12.2. The highest BCUT2D eigenvalue weighted by atomic mass is 16.3. The van der Waals surface area contributed by atoms with Crippen LogP contribution >= 0.6 is 0 Å². The molecule has 0 aromatic rings. The first-order chi connectivity index (χ1) is 12.8. The zero-order valence-electron chi connectivity index (χ0n) is 18.4. The lowest BCUT2D eigenvalue weighted by Crippen LogP contribution is -2.29. The molecule has 0 fully saturated rings. The van der Waals surface area contributed by atoms with Crippen molar-refractivity contribution in [3.05, 3.63) is 0 Å². The maximum Gasteiger partial charge on any atom is 0.104 e. The van der Waals surface area contributed by atoms with Gasteiger partial charge in [-0.3, -0.25) is 5.32 Å². The van der Waals surface area contributed by atoms with Gasteiger partial charge >= 0.3 is 0 Å². The fraction of sp³-hybridized carbons (Fsp3) is 1.00. The molecular formula is C24H51NO. The van der Waals surface area contributed by atoms with Crippen LogP contribution in [-0.2, 0) is 0 Å². The van der Waals surface area contributed by atoms with Gasteiger partial charge in [0, 0.05) is 0 Å². The number of unbranched alkanes of at least 4 members (excludes halogenated alkanes) is 17. The lowest BCUT2D eigenvalue weighted by molar-refractivity contribution is 0.124. The number of nitrogens with one attached hydrogen (secondary N) is 1. The maximum absolute atomic E-state index is 9.79. The summed E-state index contributed by atoms with van der Waals surface area (Å²) in [4.78, 5) is 0. The van der Waals surface area contributed by atoms with Crippen molar-refractivity contribution in [2.75, 3.05) is 6.54 Å². The summed E-state index contributed by atoms with van der Waals surface area (Å²) in [5, 5.41) is 13.0. The van der Waals surface area contributed by atoms with E-state index in [-0.39, 0.29) is 6.23 Å². The fourth-order valence-corrected chi connectivity index (χ4v) is 3.61. The van der Waals surface area contributed by atoms with Gasteiger partial charge < -0.3 is 5.11 Å². The van der Waals surface area contributed by atoms with E-state index < -0.39 is 0 Å². The maximum atomic E-state index is 9.79. The molecule has 2 N–H and O–H groups in total. The molecule has 0 aromatic heterocycles. The van der Waals surface area contributed by atoms with E-state index in [4.69, 9.17) is 0 Å². The van der Waals surface area contributed by atoms with E-state index in [1.165, 1.54) is 116 Å². The van der Waals surface area contributed by atoms with Crippen LogP contribution in [0, 0.1) is 0 Å². The van der Waals surface area contributed by atoms with Crippen LogP contribution in [0.5, 0.6) is 0 Å². The summed E-state index contributed by atoms with van der Waals surface area (Å²) in [6.07, 6.45) is 26.9. The van der Waals surface area contributed by atoms with Crippen LogP contribution in [0.1, 0.15) is 142 Å². The van der Waals surface area contributed by atoms with Crippen molar-refractivity contribution >= 4 is 0 Å². The van der Waals surface area contributed by atoms with Crippen LogP contribution in [0.4, 0.5) is 0 Å². The monoisotopic (exact) mass is 369 g/mol. The Bertz CT molecular complexity index is 244. The summed E-state index contributed by atoms with van der Waals surface area (Å²) in [6.45, 7) is 5.43. The predicted octanol–water partition coefficient (Wildman–Crippen LogP) is 7.74. The highest BCUT2D eigenvalue weighted by Crippen LogP contribution is 2.14. The molecule has 1 atom stereocenters. The Balaban J connectivity index is 3.05. The smallest absolute Gasteiger partial charge is 0.104 e. The number of aliphatic hydroxyl groups excluding tert-OH is 1. The Morgan fingerprint density at radius 3 is 1.23 bits per heavy atom. The Labute approximate surface area is 165 Å². The van der Waals surface area contributed by atoms with Crippen LogP contribution in [0.3, 0.4) is 0 Å². The van der Waals surface area contributed by atoms with Crippen molar-refractivity contribution < 1.29 is 5.11 Å². The molecule has 0 spiro atoms. The van der Waals surface area contributed by atoms with Gasteiger partial charge in [0.15, 0.2) is 0 Å². The van der Waals surface area contributed by atoms with Crippen molar-refractivity contribution in [1.82, 2.24) is 5.32 Å². The molecule has 26 heavy (non-hydrogen) atoms. The number of hydrogen-bond acceptors (Lipinski definition) is 2. The normalized spacial score (nSPS) is 12.6. The van der Waals surface area contributed by atoms with Gasteiger partial charge in [-0.15, -0.1) is 0 Å². The van der Waals surface area contributed by atoms with Gasteiger partial charge in [-0.1, -0.05) is 123 Å². The zero-order chi connectivity index (χ0) is 19.1. The molecule has 0 heterocycles. The predicted molar refractivity (Wildman–Crippen MR) is 118 cm³/mol. The Morgan fingerprint density at radius 2 is 0.846 bits per heavy atom. The molecule has 158 valence electrons. The second kappa shape index (κ2) is 23.0. The summed E-state index contributed by atoms with van der Waals surface area (Å²) >= 11 is 0. The summed E-state index contributed by atoms with van der Waals surface area (Å²) in [7, 11) is 0. The van der Waals surface area contributed by atoms with Crippen LogP contribution < -0.4 is 5.32 Å². The molecule has 1 unspecified atom stereocenters. The molecule has 0 aliphatic heterocycles. The minimum absolute atomic E-state index is 0.280. The van der Waals surface area contributed by atoms with Crippen molar-refractivity contribution in [1.29, 1.82) is 0 Å². The van der Waals surface area contributed by atoms with Crippen molar-refractivity contribution in [2.24, 2.45) is 0 Å². The average Bonchev–Trinajstić information content (AvgIpc) is 2.64.